The zero-order chi connectivity index (χ0) is 7.28. The van der Waals surface area contributed by atoms with E-state index < -0.39 is 0 Å². The normalized spacial score (nSPS) is 11.7. The molecule has 0 rings (SSSR count). The summed E-state index contributed by atoms with van der Waals surface area (Å²) >= 11 is 0. The molecular formula is C7H20Cl2N2. The first kappa shape index (κ1) is 17.5. The molecular weight excluding hydrogens is 183 g/mol. The van der Waals surface area contributed by atoms with E-state index in [1.165, 1.54) is 0 Å². The molecule has 0 saturated carbocycles. The van der Waals surface area contributed by atoms with E-state index in [0.29, 0.717) is 12.1 Å². The highest BCUT2D eigenvalue weighted by atomic mass is 35.5. The Morgan fingerprint density at radius 1 is 1.18 bits per heavy atom. The van der Waals surface area contributed by atoms with Crippen LogP contribution in [0.15, 0.2) is 0 Å². The van der Waals surface area contributed by atoms with Crippen molar-refractivity contribution in [1.82, 2.24) is 5.32 Å². The maximum atomic E-state index is 5.54. The molecule has 0 aromatic heterocycles. The van der Waals surface area contributed by atoms with Crippen molar-refractivity contribution in [2.45, 2.75) is 39.3 Å². The van der Waals surface area contributed by atoms with Crippen LogP contribution in [0.4, 0.5) is 0 Å². The Hall–Kier alpha value is 0.500. The lowest BCUT2D eigenvalue weighted by molar-refractivity contribution is 0.539. The number of rotatable bonds is 4. The second-order valence-electron chi connectivity index (χ2n) is 2.87. The van der Waals surface area contributed by atoms with Gasteiger partial charge >= 0.3 is 0 Å². The van der Waals surface area contributed by atoms with E-state index in [4.69, 9.17) is 5.73 Å². The second-order valence-corrected chi connectivity index (χ2v) is 2.87. The number of hydrogen-bond donors (Lipinski definition) is 2. The SMILES string of the molecule is CC(C)NCC[C@H](C)N.Cl.Cl. The first-order valence-corrected chi connectivity index (χ1v) is 3.62. The average molecular weight is 203 g/mol. The predicted molar refractivity (Wildman–Crippen MR) is 55.9 cm³/mol. The molecule has 0 unspecified atom stereocenters. The molecule has 4 heteroatoms. The largest absolute Gasteiger partial charge is 0.328 e. The van der Waals surface area contributed by atoms with Crippen molar-refractivity contribution in [2.24, 2.45) is 5.73 Å². The predicted octanol–water partition coefficient (Wildman–Crippen LogP) is 1.57. The van der Waals surface area contributed by atoms with Crippen LogP contribution in [0.2, 0.25) is 0 Å². The van der Waals surface area contributed by atoms with Gasteiger partial charge in [0.05, 0.1) is 0 Å². The summed E-state index contributed by atoms with van der Waals surface area (Å²) in [6.45, 7) is 7.35. The molecule has 72 valence electrons. The van der Waals surface area contributed by atoms with Crippen LogP contribution in [0.3, 0.4) is 0 Å². The van der Waals surface area contributed by atoms with E-state index in [9.17, 15) is 0 Å². The molecule has 0 aromatic rings. The number of halogens is 2. The van der Waals surface area contributed by atoms with Crippen LogP contribution in [-0.2, 0) is 0 Å². The van der Waals surface area contributed by atoms with Gasteiger partial charge in [-0.15, -0.1) is 24.8 Å². The van der Waals surface area contributed by atoms with Crippen molar-refractivity contribution in [3.8, 4) is 0 Å². The van der Waals surface area contributed by atoms with Crippen molar-refractivity contribution < 1.29 is 0 Å². The van der Waals surface area contributed by atoms with Crippen molar-refractivity contribution in [2.75, 3.05) is 6.54 Å². The third-order valence-electron chi connectivity index (χ3n) is 1.15. The maximum absolute atomic E-state index is 5.54. The number of nitrogens with two attached hydrogens (primary N) is 1. The van der Waals surface area contributed by atoms with Gasteiger partial charge in [-0.25, -0.2) is 0 Å². The fraction of sp³-hybridized carbons (Fsp3) is 1.00. The van der Waals surface area contributed by atoms with Gasteiger partial charge in [-0.05, 0) is 19.9 Å². The zero-order valence-corrected chi connectivity index (χ0v) is 9.10. The highest BCUT2D eigenvalue weighted by Crippen LogP contribution is 1.84. The van der Waals surface area contributed by atoms with E-state index >= 15 is 0 Å². The summed E-state index contributed by atoms with van der Waals surface area (Å²) in [4.78, 5) is 0. The third kappa shape index (κ3) is 18.0. The average Bonchev–Trinajstić information content (AvgIpc) is 1.63. The molecule has 0 heterocycles. The third-order valence-corrected chi connectivity index (χ3v) is 1.15. The van der Waals surface area contributed by atoms with Crippen LogP contribution >= 0.6 is 24.8 Å². The zero-order valence-electron chi connectivity index (χ0n) is 7.46. The molecule has 0 bridgehead atoms. The molecule has 0 spiro atoms. The number of hydrogen-bond acceptors (Lipinski definition) is 2. The first-order valence-electron chi connectivity index (χ1n) is 3.62. The fourth-order valence-electron chi connectivity index (χ4n) is 0.600. The molecule has 0 aliphatic carbocycles. The van der Waals surface area contributed by atoms with Gasteiger partial charge in [-0.2, -0.15) is 0 Å². The molecule has 0 aliphatic heterocycles. The van der Waals surface area contributed by atoms with Crippen molar-refractivity contribution in [3.63, 3.8) is 0 Å². The Morgan fingerprint density at radius 2 is 1.64 bits per heavy atom. The maximum Gasteiger partial charge on any atom is 0.00225 e. The smallest absolute Gasteiger partial charge is 0.00225 e. The topological polar surface area (TPSA) is 38.0 Å². The van der Waals surface area contributed by atoms with Crippen LogP contribution in [0.5, 0.6) is 0 Å². The molecule has 0 aromatic carbocycles. The Labute approximate surface area is 82.1 Å². The molecule has 0 amide bonds. The molecule has 0 saturated heterocycles. The minimum atomic E-state index is 0. The highest BCUT2D eigenvalue weighted by molar-refractivity contribution is 5.85. The summed E-state index contributed by atoms with van der Waals surface area (Å²) in [6.07, 6.45) is 1.07. The van der Waals surface area contributed by atoms with Gasteiger partial charge in [0.2, 0.25) is 0 Å². The standard InChI is InChI=1S/C7H18N2.2ClH/c1-6(2)9-5-4-7(3)8;;/h6-7,9H,4-5,8H2,1-3H3;2*1H/t7-;;/m0../s1. The van der Waals surface area contributed by atoms with E-state index in [1.807, 2.05) is 6.92 Å². The number of nitrogens with one attached hydrogen (secondary N) is 1. The van der Waals surface area contributed by atoms with E-state index in [-0.39, 0.29) is 24.8 Å². The Kier molecular flexibility index (Phi) is 16.8. The van der Waals surface area contributed by atoms with Crippen molar-refractivity contribution in [1.29, 1.82) is 0 Å². The molecule has 0 radical (unpaired) electrons. The van der Waals surface area contributed by atoms with Gasteiger partial charge in [0.25, 0.3) is 0 Å². The van der Waals surface area contributed by atoms with Gasteiger partial charge in [-0.3, -0.25) is 0 Å². The Bertz CT molecular complexity index is 59.5. The lowest BCUT2D eigenvalue weighted by atomic mass is 10.2. The van der Waals surface area contributed by atoms with Crippen molar-refractivity contribution in [3.05, 3.63) is 0 Å². The summed E-state index contributed by atoms with van der Waals surface area (Å²) in [5.74, 6) is 0. The van der Waals surface area contributed by atoms with Crippen LogP contribution in [-0.4, -0.2) is 18.6 Å². The summed E-state index contributed by atoms with van der Waals surface area (Å²) < 4.78 is 0. The molecule has 0 fully saturated rings. The minimum absolute atomic E-state index is 0. The van der Waals surface area contributed by atoms with E-state index in [2.05, 4.69) is 19.2 Å². The Balaban J connectivity index is -0.000000320. The lowest BCUT2D eigenvalue weighted by Crippen LogP contribution is -2.28. The van der Waals surface area contributed by atoms with Crippen LogP contribution < -0.4 is 11.1 Å². The molecule has 3 N–H and O–H groups in total. The molecule has 0 aliphatic rings. The Morgan fingerprint density at radius 3 is 1.91 bits per heavy atom. The van der Waals surface area contributed by atoms with Gasteiger partial charge < -0.3 is 11.1 Å². The van der Waals surface area contributed by atoms with Crippen LogP contribution in [0, 0.1) is 0 Å². The van der Waals surface area contributed by atoms with Gasteiger partial charge in [0, 0.05) is 12.1 Å². The minimum Gasteiger partial charge on any atom is -0.328 e. The monoisotopic (exact) mass is 202 g/mol. The summed E-state index contributed by atoms with van der Waals surface area (Å²) in [7, 11) is 0. The van der Waals surface area contributed by atoms with Gasteiger partial charge in [0.15, 0.2) is 0 Å². The van der Waals surface area contributed by atoms with Crippen LogP contribution in [0.1, 0.15) is 27.2 Å². The van der Waals surface area contributed by atoms with Crippen LogP contribution in [0.25, 0.3) is 0 Å². The molecule has 2 nitrogen and oxygen atoms in total. The van der Waals surface area contributed by atoms with E-state index in [1.54, 1.807) is 0 Å². The van der Waals surface area contributed by atoms with Gasteiger partial charge in [0.1, 0.15) is 0 Å². The second kappa shape index (κ2) is 10.5. The summed E-state index contributed by atoms with van der Waals surface area (Å²) in [6, 6.07) is 0.917. The quantitative estimate of drug-likeness (QED) is 0.727. The summed E-state index contributed by atoms with van der Waals surface area (Å²) in [5.41, 5.74) is 5.54. The fourth-order valence-corrected chi connectivity index (χ4v) is 0.600. The van der Waals surface area contributed by atoms with Gasteiger partial charge in [-0.1, -0.05) is 13.8 Å². The molecule has 1 atom stereocenters. The summed E-state index contributed by atoms with van der Waals surface area (Å²) in [5, 5.41) is 3.30. The first-order chi connectivity index (χ1) is 4.13. The lowest BCUT2D eigenvalue weighted by Gasteiger charge is -2.08. The van der Waals surface area contributed by atoms with E-state index in [0.717, 1.165) is 13.0 Å². The highest BCUT2D eigenvalue weighted by Gasteiger charge is 1.94. The molecule has 11 heavy (non-hydrogen) atoms. The van der Waals surface area contributed by atoms with Crippen molar-refractivity contribution >= 4 is 24.8 Å².